The molecule has 0 aliphatic carbocycles. The highest BCUT2D eigenvalue weighted by atomic mass is 16.5. The molecule has 5 nitrogen and oxygen atoms in total. The number of benzene rings is 1. The summed E-state index contributed by atoms with van der Waals surface area (Å²) in [5.74, 6) is 1.47. The van der Waals surface area contributed by atoms with Crippen molar-refractivity contribution in [3.8, 4) is 11.5 Å². The van der Waals surface area contributed by atoms with Crippen LogP contribution in [0, 0.1) is 0 Å². The molecule has 1 saturated heterocycles. The quantitative estimate of drug-likeness (QED) is 0.871. The summed E-state index contributed by atoms with van der Waals surface area (Å²) in [6.45, 7) is 8.03. The number of nitrogens with zero attached hydrogens (tertiary/aromatic N) is 1. The van der Waals surface area contributed by atoms with Gasteiger partial charge >= 0.3 is 0 Å². The Bertz CT molecular complexity index is 451. The van der Waals surface area contributed by atoms with E-state index >= 15 is 0 Å². The van der Waals surface area contributed by atoms with Gasteiger partial charge in [0.2, 0.25) is 0 Å². The minimum Gasteiger partial charge on any atom is -0.493 e. The van der Waals surface area contributed by atoms with E-state index in [1.165, 1.54) is 0 Å². The van der Waals surface area contributed by atoms with E-state index < -0.39 is 0 Å². The van der Waals surface area contributed by atoms with Crippen LogP contribution in [0.5, 0.6) is 11.5 Å². The number of anilines is 1. The van der Waals surface area contributed by atoms with Gasteiger partial charge < -0.3 is 19.5 Å². The number of methoxy groups -OCH3 is 2. The number of ether oxygens (including phenoxy) is 3. The van der Waals surface area contributed by atoms with Gasteiger partial charge in [-0.3, -0.25) is 4.90 Å². The summed E-state index contributed by atoms with van der Waals surface area (Å²) < 4.78 is 16.4. The van der Waals surface area contributed by atoms with Gasteiger partial charge in [-0.2, -0.15) is 0 Å². The van der Waals surface area contributed by atoms with Crippen molar-refractivity contribution in [2.75, 3.05) is 45.8 Å². The Balaban J connectivity index is 1.90. The van der Waals surface area contributed by atoms with Gasteiger partial charge in [0.25, 0.3) is 0 Å². The summed E-state index contributed by atoms with van der Waals surface area (Å²) in [5.41, 5.74) is 1.01. The van der Waals surface area contributed by atoms with E-state index in [1.807, 2.05) is 18.2 Å². The molecule has 5 heteroatoms. The van der Waals surface area contributed by atoms with E-state index in [1.54, 1.807) is 14.2 Å². The lowest BCUT2D eigenvalue weighted by atomic mass is 10.2. The minimum absolute atomic E-state index is 0.217. The fraction of sp³-hybridized carbons (Fsp3) is 0.625. The molecular weight excluding hydrogens is 268 g/mol. The van der Waals surface area contributed by atoms with Crippen molar-refractivity contribution in [1.29, 1.82) is 0 Å². The molecule has 1 atom stereocenters. The standard InChI is InChI=1S/C16H26N2O3/c1-12(2)18-7-8-21-14(11-18)10-17-13-5-6-15(19-3)16(9-13)20-4/h5-6,9,12,14,17H,7-8,10-11H2,1-4H3. The molecule has 0 bridgehead atoms. The molecule has 1 N–H and O–H groups in total. The first-order valence-corrected chi connectivity index (χ1v) is 7.45. The van der Waals surface area contributed by atoms with E-state index in [-0.39, 0.29) is 6.10 Å². The molecule has 1 aromatic rings. The van der Waals surface area contributed by atoms with Crippen molar-refractivity contribution in [1.82, 2.24) is 4.90 Å². The number of hydrogen-bond donors (Lipinski definition) is 1. The summed E-state index contributed by atoms with van der Waals surface area (Å²) in [6.07, 6.45) is 0.217. The summed E-state index contributed by atoms with van der Waals surface area (Å²) in [4.78, 5) is 2.45. The van der Waals surface area contributed by atoms with Crippen LogP contribution in [0.4, 0.5) is 5.69 Å². The average Bonchev–Trinajstić information content (AvgIpc) is 2.52. The van der Waals surface area contributed by atoms with Crippen molar-refractivity contribution < 1.29 is 14.2 Å². The zero-order valence-corrected chi connectivity index (χ0v) is 13.4. The predicted molar refractivity (Wildman–Crippen MR) is 84.5 cm³/mol. The zero-order chi connectivity index (χ0) is 15.2. The Hall–Kier alpha value is -1.46. The lowest BCUT2D eigenvalue weighted by Gasteiger charge is -2.35. The van der Waals surface area contributed by atoms with E-state index in [2.05, 4.69) is 24.1 Å². The van der Waals surface area contributed by atoms with Gasteiger partial charge in [0.05, 0.1) is 26.9 Å². The molecule has 0 saturated carbocycles. The maximum absolute atomic E-state index is 5.82. The van der Waals surface area contributed by atoms with Gasteiger partial charge in [-0.15, -0.1) is 0 Å². The molecule has 0 radical (unpaired) electrons. The van der Waals surface area contributed by atoms with Gasteiger partial charge in [0, 0.05) is 37.4 Å². The van der Waals surface area contributed by atoms with Crippen LogP contribution in [-0.2, 0) is 4.74 Å². The minimum atomic E-state index is 0.217. The third-order valence-corrected chi connectivity index (χ3v) is 3.82. The predicted octanol–water partition coefficient (Wildman–Crippen LogP) is 2.22. The van der Waals surface area contributed by atoms with Gasteiger partial charge in [-0.05, 0) is 26.0 Å². The third kappa shape index (κ3) is 4.25. The smallest absolute Gasteiger partial charge is 0.162 e. The second-order valence-electron chi connectivity index (χ2n) is 5.53. The van der Waals surface area contributed by atoms with E-state index in [4.69, 9.17) is 14.2 Å². The van der Waals surface area contributed by atoms with Crippen LogP contribution in [0.1, 0.15) is 13.8 Å². The zero-order valence-electron chi connectivity index (χ0n) is 13.4. The van der Waals surface area contributed by atoms with Gasteiger partial charge in [-0.25, -0.2) is 0 Å². The highest BCUT2D eigenvalue weighted by Crippen LogP contribution is 2.29. The van der Waals surface area contributed by atoms with Crippen molar-refractivity contribution in [3.63, 3.8) is 0 Å². The van der Waals surface area contributed by atoms with Gasteiger partial charge in [0.15, 0.2) is 11.5 Å². The Labute approximate surface area is 127 Å². The molecule has 0 amide bonds. The number of rotatable bonds is 6. The Kier molecular flexibility index (Phi) is 5.70. The highest BCUT2D eigenvalue weighted by Gasteiger charge is 2.21. The van der Waals surface area contributed by atoms with E-state index in [0.717, 1.165) is 43.4 Å². The molecule has 1 fully saturated rings. The molecule has 0 aromatic heterocycles. The lowest BCUT2D eigenvalue weighted by molar-refractivity contribution is -0.0315. The van der Waals surface area contributed by atoms with Crippen molar-refractivity contribution in [2.24, 2.45) is 0 Å². The normalized spacial score (nSPS) is 19.6. The van der Waals surface area contributed by atoms with Crippen LogP contribution < -0.4 is 14.8 Å². The number of hydrogen-bond acceptors (Lipinski definition) is 5. The third-order valence-electron chi connectivity index (χ3n) is 3.82. The first-order chi connectivity index (χ1) is 10.1. The van der Waals surface area contributed by atoms with Crippen LogP contribution in [0.25, 0.3) is 0 Å². The van der Waals surface area contributed by atoms with Gasteiger partial charge in [-0.1, -0.05) is 0 Å². The van der Waals surface area contributed by atoms with Crippen LogP contribution in [0.2, 0.25) is 0 Å². The first-order valence-electron chi connectivity index (χ1n) is 7.45. The fourth-order valence-electron chi connectivity index (χ4n) is 2.51. The molecule has 0 spiro atoms. The first kappa shape index (κ1) is 15.9. The van der Waals surface area contributed by atoms with E-state index in [9.17, 15) is 0 Å². The molecule has 1 aliphatic rings. The summed E-state index contributed by atoms with van der Waals surface area (Å²) in [6, 6.07) is 6.41. The highest BCUT2D eigenvalue weighted by molar-refractivity contribution is 5.54. The monoisotopic (exact) mass is 294 g/mol. The van der Waals surface area contributed by atoms with Crippen molar-refractivity contribution in [3.05, 3.63) is 18.2 Å². The topological polar surface area (TPSA) is 43.0 Å². The van der Waals surface area contributed by atoms with Crippen LogP contribution in [-0.4, -0.2) is 57.5 Å². The summed E-state index contributed by atoms with van der Waals surface area (Å²) in [7, 11) is 3.29. The van der Waals surface area contributed by atoms with Crippen LogP contribution in [0.3, 0.4) is 0 Å². The molecule has 1 unspecified atom stereocenters. The average molecular weight is 294 g/mol. The fourth-order valence-corrected chi connectivity index (χ4v) is 2.51. The SMILES string of the molecule is COc1ccc(NCC2CN(C(C)C)CCO2)cc1OC. The van der Waals surface area contributed by atoms with E-state index in [0.29, 0.717) is 6.04 Å². The van der Waals surface area contributed by atoms with Crippen molar-refractivity contribution >= 4 is 5.69 Å². The molecule has 1 aliphatic heterocycles. The second kappa shape index (κ2) is 7.52. The van der Waals surface area contributed by atoms with Gasteiger partial charge in [0.1, 0.15) is 0 Å². The molecule has 1 aromatic carbocycles. The molecular formula is C16H26N2O3. The summed E-state index contributed by atoms with van der Waals surface area (Å²) >= 11 is 0. The Morgan fingerprint density at radius 2 is 2.05 bits per heavy atom. The summed E-state index contributed by atoms with van der Waals surface area (Å²) in [5, 5.41) is 3.41. The maximum Gasteiger partial charge on any atom is 0.162 e. The lowest BCUT2D eigenvalue weighted by Crippen LogP contribution is -2.48. The van der Waals surface area contributed by atoms with Crippen molar-refractivity contribution in [2.45, 2.75) is 26.0 Å². The Morgan fingerprint density at radius 3 is 2.71 bits per heavy atom. The number of morpholine rings is 1. The molecule has 21 heavy (non-hydrogen) atoms. The second-order valence-corrected chi connectivity index (χ2v) is 5.53. The van der Waals surface area contributed by atoms with Crippen LogP contribution in [0.15, 0.2) is 18.2 Å². The van der Waals surface area contributed by atoms with Crippen LogP contribution >= 0.6 is 0 Å². The molecule has 118 valence electrons. The molecule has 2 rings (SSSR count). The Morgan fingerprint density at radius 1 is 1.29 bits per heavy atom. The molecule has 1 heterocycles. The maximum atomic E-state index is 5.82. The number of nitrogens with one attached hydrogen (secondary N) is 1. The largest absolute Gasteiger partial charge is 0.493 e.